The van der Waals surface area contributed by atoms with Crippen LogP contribution in [-0.4, -0.2) is 17.4 Å². The minimum Gasteiger partial charge on any atom is -0.350 e. The Hall–Kier alpha value is -1.42. The number of hydrogen-bond acceptors (Lipinski definition) is 3. The van der Waals surface area contributed by atoms with Crippen LogP contribution in [0.3, 0.4) is 0 Å². The highest BCUT2D eigenvalue weighted by molar-refractivity contribution is 5.76. The quantitative estimate of drug-likeness (QED) is 0.694. The summed E-state index contributed by atoms with van der Waals surface area (Å²) in [6, 6.07) is 3.87. The highest BCUT2D eigenvalue weighted by Gasteiger charge is 2.08. The maximum Gasteiger partial charge on any atom is 0.220 e. The molecule has 0 saturated carbocycles. The van der Waals surface area contributed by atoms with Crippen molar-refractivity contribution in [1.29, 1.82) is 0 Å². The normalized spacial score (nSPS) is 12.1. The third-order valence-corrected chi connectivity index (χ3v) is 2.92. The molecular weight excluding hydrogens is 226 g/mol. The molecular formula is C14H23N3O. The van der Waals surface area contributed by atoms with E-state index in [0.29, 0.717) is 6.42 Å². The number of hydrogen-bond donors (Lipinski definition) is 2. The molecule has 3 N–H and O–H groups in total. The summed E-state index contributed by atoms with van der Waals surface area (Å²) in [5, 5.41) is 2.98. The summed E-state index contributed by atoms with van der Waals surface area (Å²) in [7, 11) is 0. The average molecular weight is 249 g/mol. The van der Waals surface area contributed by atoms with E-state index in [1.165, 1.54) is 0 Å². The van der Waals surface area contributed by atoms with Crippen molar-refractivity contribution in [1.82, 2.24) is 10.3 Å². The molecule has 1 amide bonds. The molecule has 0 unspecified atom stereocenters. The zero-order valence-corrected chi connectivity index (χ0v) is 11.1. The number of amides is 1. The van der Waals surface area contributed by atoms with Gasteiger partial charge in [0.15, 0.2) is 0 Å². The molecule has 0 saturated heterocycles. The third-order valence-electron chi connectivity index (χ3n) is 2.92. The molecule has 0 aliphatic rings. The van der Waals surface area contributed by atoms with Gasteiger partial charge >= 0.3 is 0 Å². The molecule has 0 radical (unpaired) electrons. The van der Waals surface area contributed by atoms with Crippen LogP contribution >= 0.6 is 0 Å². The fourth-order valence-electron chi connectivity index (χ4n) is 1.81. The SMILES string of the molecule is C[C@H](NC(=O)CCCCCCN)c1cccnc1. The van der Waals surface area contributed by atoms with Crippen molar-refractivity contribution >= 4 is 5.91 Å². The zero-order valence-electron chi connectivity index (χ0n) is 11.1. The molecule has 1 rings (SSSR count). The van der Waals surface area contributed by atoms with Crippen LogP contribution in [0.5, 0.6) is 0 Å². The number of rotatable bonds is 8. The predicted octanol–water partition coefficient (Wildman–Crippen LogP) is 2.17. The summed E-state index contributed by atoms with van der Waals surface area (Å²) in [6.07, 6.45) is 8.28. The molecule has 1 aromatic heterocycles. The van der Waals surface area contributed by atoms with Gasteiger partial charge in [-0.2, -0.15) is 0 Å². The Kier molecular flexibility index (Phi) is 7.03. The van der Waals surface area contributed by atoms with Gasteiger partial charge in [-0.1, -0.05) is 18.9 Å². The van der Waals surface area contributed by atoms with Gasteiger partial charge in [-0.3, -0.25) is 9.78 Å². The number of carbonyl (C=O) groups excluding carboxylic acids is 1. The molecule has 0 aliphatic heterocycles. The first kappa shape index (κ1) is 14.6. The molecule has 0 aromatic carbocycles. The highest BCUT2D eigenvalue weighted by atomic mass is 16.1. The van der Waals surface area contributed by atoms with Gasteiger partial charge in [0.2, 0.25) is 5.91 Å². The molecule has 0 bridgehead atoms. The van der Waals surface area contributed by atoms with Gasteiger partial charge in [0.1, 0.15) is 0 Å². The number of pyridine rings is 1. The number of unbranched alkanes of at least 4 members (excludes halogenated alkanes) is 3. The second kappa shape index (κ2) is 8.64. The fourth-order valence-corrected chi connectivity index (χ4v) is 1.81. The van der Waals surface area contributed by atoms with E-state index in [-0.39, 0.29) is 11.9 Å². The topological polar surface area (TPSA) is 68.0 Å². The van der Waals surface area contributed by atoms with E-state index in [0.717, 1.165) is 37.8 Å². The van der Waals surface area contributed by atoms with Crippen molar-refractivity contribution in [3.05, 3.63) is 30.1 Å². The zero-order chi connectivity index (χ0) is 13.2. The van der Waals surface area contributed by atoms with Crippen LogP contribution in [0.4, 0.5) is 0 Å². The van der Waals surface area contributed by atoms with Gasteiger partial charge < -0.3 is 11.1 Å². The predicted molar refractivity (Wildman–Crippen MR) is 72.9 cm³/mol. The summed E-state index contributed by atoms with van der Waals surface area (Å²) in [5.74, 6) is 0.110. The molecule has 1 atom stereocenters. The Bertz CT molecular complexity index is 340. The van der Waals surface area contributed by atoms with Crippen molar-refractivity contribution in [3.63, 3.8) is 0 Å². The van der Waals surface area contributed by atoms with Gasteiger partial charge in [0.05, 0.1) is 6.04 Å². The van der Waals surface area contributed by atoms with Gasteiger partial charge in [-0.15, -0.1) is 0 Å². The molecule has 0 spiro atoms. The van der Waals surface area contributed by atoms with Crippen LogP contribution in [0.1, 0.15) is 50.6 Å². The summed E-state index contributed by atoms with van der Waals surface area (Å²) in [4.78, 5) is 15.7. The lowest BCUT2D eigenvalue weighted by molar-refractivity contribution is -0.121. The first-order chi connectivity index (χ1) is 8.74. The van der Waals surface area contributed by atoms with E-state index in [9.17, 15) is 4.79 Å². The van der Waals surface area contributed by atoms with E-state index in [2.05, 4.69) is 10.3 Å². The number of aromatic nitrogens is 1. The minimum atomic E-state index is 0.0234. The van der Waals surface area contributed by atoms with Crippen molar-refractivity contribution in [3.8, 4) is 0 Å². The number of nitrogens with one attached hydrogen (secondary N) is 1. The minimum absolute atomic E-state index is 0.0234. The number of nitrogens with two attached hydrogens (primary N) is 1. The maximum atomic E-state index is 11.7. The Morgan fingerprint density at radius 1 is 1.39 bits per heavy atom. The van der Waals surface area contributed by atoms with Crippen LogP contribution in [0, 0.1) is 0 Å². The lowest BCUT2D eigenvalue weighted by atomic mass is 10.1. The van der Waals surface area contributed by atoms with Crippen molar-refractivity contribution in [2.75, 3.05) is 6.54 Å². The molecule has 0 fully saturated rings. The van der Waals surface area contributed by atoms with Crippen LogP contribution < -0.4 is 11.1 Å². The van der Waals surface area contributed by atoms with Crippen LogP contribution in [0.2, 0.25) is 0 Å². The Morgan fingerprint density at radius 2 is 2.17 bits per heavy atom. The lowest BCUT2D eigenvalue weighted by Crippen LogP contribution is -2.26. The first-order valence-corrected chi connectivity index (χ1v) is 6.63. The van der Waals surface area contributed by atoms with Crippen LogP contribution in [-0.2, 0) is 4.79 Å². The molecule has 1 heterocycles. The summed E-state index contributed by atoms with van der Waals surface area (Å²) in [5.41, 5.74) is 6.45. The number of nitrogens with zero attached hydrogens (tertiary/aromatic N) is 1. The Morgan fingerprint density at radius 3 is 2.83 bits per heavy atom. The van der Waals surface area contributed by atoms with E-state index in [4.69, 9.17) is 5.73 Å². The first-order valence-electron chi connectivity index (χ1n) is 6.63. The van der Waals surface area contributed by atoms with Crippen molar-refractivity contribution in [2.45, 2.75) is 45.1 Å². The molecule has 0 aliphatic carbocycles. The van der Waals surface area contributed by atoms with E-state index in [1.807, 2.05) is 19.1 Å². The molecule has 4 nitrogen and oxygen atoms in total. The molecule has 1 aromatic rings. The smallest absolute Gasteiger partial charge is 0.220 e. The monoisotopic (exact) mass is 249 g/mol. The molecule has 4 heteroatoms. The third kappa shape index (κ3) is 5.77. The Labute approximate surface area is 109 Å². The highest BCUT2D eigenvalue weighted by Crippen LogP contribution is 2.10. The van der Waals surface area contributed by atoms with Gasteiger partial charge in [0.25, 0.3) is 0 Å². The fraction of sp³-hybridized carbons (Fsp3) is 0.571. The van der Waals surface area contributed by atoms with Crippen molar-refractivity contribution < 1.29 is 4.79 Å². The summed E-state index contributed by atoms with van der Waals surface area (Å²) in [6.45, 7) is 2.72. The van der Waals surface area contributed by atoms with Crippen molar-refractivity contribution in [2.24, 2.45) is 5.73 Å². The van der Waals surface area contributed by atoms with Crippen LogP contribution in [0.15, 0.2) is 24.5 Å². The van der Waals surface area contributed by atoms with Gasteiger partial charge in [0, 0.05) is 18.8 Å². The van der Waals surface area contributed by atoms with E-state index < -0.39 is 0 Å². The van der Waals surface area contributed by atoms with Crippen LogP contribution in [0.25, 0.3) is 0 Å². The standard InChI is InChI=1S/C14H23N3O/c1-12(13-7-6-10-16-11-13)17-14(18)8-4-2-3-5-9-15/h6-7,10-12H,2-5,8-9,15H2,1H3,(H,17,18)/t12-/m0/s1. The summed E-state index contributed by atoms with van der Waals surface area (Å²) >= 11 is 0. The molecule has 18 heavy (non-hydrogen) atoms. The average Bonchev–Trinajstić information content (AvgIpc) is 2.39. The second-order valence-corrected chi connectivity index (χ2v) is 4.53. The molecule has 100 valence electrons. The van der Waals surface area contributed by atoms with Gasteiger partial charge in [-0.05, 0) is 37.9 Å². The largest absolute Gasteiger partial charge is 0.350 e. The van der Waals surface area contributed by atoms with E-state index in [1.54, 1.807) is 12.4 Å². The number of carbonyl (C=O) groups is 1. The second-order valence-electron chi connectivity index (χ2n) is 4.53. The van der Waals surface area contributed by atoms with E-state index >= 15 is 0 Å². The Balaban J connectivity index is 2.20. The lowest BCUT2D eigenvalue weighted by Gasteiger charge is -2.13. The summed E-state index contributed by atoms with van der Waals surface area (Å²) < 4.78 is 0. The van der Waals surface area contributed by atoms with Gasteiger partial charge in [-0.25, -0.2) is 0 Å². The maximum absolute atomic E-state index is 11.7.